The van der Waals surface area contributed by atoms with Gasteiger partial charge in [0.25, 0.3) is 0 Å². The van der Waals surface area contributed by atoms with Gasteiger partial charge in [-0.25, -0.2) is 0 Å². The number of benzene rings is 1. The van der Waals surface area contributed by atoms with Gasteiger partial charge >= 0.3 is 0 Å². The summed E-state index contributed by atoms with van der Waals surface area (Å²) in [6.45, 7) is 4.11. The summed E-state index contributed by atoms with van der Waals surface area (Å²) in [6.07, 6.45) is 1.97. The van der Waals surface area contributed by atoms with Crippen LogP contribution in [-0.2, 0) is 0 Å². The van der Waals surface area contributed by atoms with Gasteiger partial charge in [-0.05, 0) is 37.1 Å². The Labute approximate surface area is 100 Å². The van der Waals surface area contributed by atoms with E-state index in [1.54, 1.807) is 0 Å². The predicted octanol–water partition coefficient (Wildman–Crippen LogP) is 4.19. The number of fused-ring (bicyclic) bond motifs is 1. The summed E-state index contributed by atoms with van der Waals surface area (Å²) < 4.78 is 5.73. The third kappa shape index (κ3) is 2.08. The molecule has 1 aromatic heterocycles. The summed E-state index contributed by atoms with van der Waals surface area (Å²) in [4.78, 5) is 0. The monoisotopic (exact) mass is 237 g/mol. The van der Waals surface area contributed by atoms with E-state index in [-0.39, 0.29) is 6.04 Å². The van der Waals surface area contributed by atoms with Crippen molar-refractivity contribution < 1.29 is 4.42 Å². The van der Waals surface area contributed by atoms with Gasteiger partial charge in [0.2, 0.25) is 0 Å². The number of hydrogen-bond acceptors (Lipinski definition) is 2. The molecule has 2 nitrogen and oxygen atoms in total. The van der Waals surface area contributed by atoms with Crippen LogP contribution < -0.4 is 5.73 Å². The zero-order valence-corrected chi connectivity index (χ0v) is 10.3. The van der Waals surface area contributed by atoms with E-state index in [2.05, 4.69) is 6.92 Å². The Hall–Kier alpha value is -0.990. The van der Waals surface area contributed by atoms with E-state index in [0.29, 0.717) is 0 Å². The fourth-order valence-corrected chi connectivity index (χ4v) is 2.20. The quantitative estimate of drug-likeness (QED) is 0.869. The summed E-state index contributed by atoms with van der Waals surface area (Å²) in [5, 5.41) is 1.68. The second-order valence-corrected chi connectivity index (χ2v) is 4.61. The summed E-state index contributed by atoms with van der Waals surface area (Å²) in [5.41, 5.74) is 7.95. The standard InChI is InChI=1S/C13H16ClNO/c1-3-4-11(15)13-7-9-10(14)5-8(2)6-12(9)16-13/h5-7,11H,3-4,15H2,1-2H3/t11-/m1/s1. The van der Waals surface area contributed by atoms with Crippen LogP contribution in [0.15, 0.2) is 22.6 Å². The molecule has 0 amide bonds. The van der Waals surface area contributed by atoms with Crippen LogP contribution in [-0.4, -0.2) is 0 Å². The van der Waals surface area contributed by atoms with Gasteiger partial charge in [-0.1, -0.05) is 24.9 Å². The lowest BCUT2D eigenvalue weighted by atomic mass is 10.1. The number of nitrogens with two attached hydrogens (primary N) is 1. The van der Waals surface area contributed by atoms with E-state index in [4.69, 9.17) is 21.8 Å². The molecule has 0 aliphatic heterocycles. The molecule has 1 aromatic carbocycles. The lowest BCUT2D eigenvalue weighted by Gasteiger charge is -2.04. The highest BCUT2D eigenvalue weighted by Crippen LogP contribution is 2.31. The van der Waals surface area contributed by atoms with Crippen molar-refractivity contribution in [2.24, 2.45) is 5.73 Å². The van der Waals surface area contributed by atoms with Gasteiger partial charge in [0.1, 0.15) is 11.3 Å². The van der Waals surface area contributed by atoms with Gasteiger partial charge in [-0.15, -0.1) is 0 Å². The van der Waals surface area contributed by atoms with E-state index in [0.717, 1.165) is 40.2 Å². The molecular weight excluding hydrogens is 222 g/mol. The summed E-state index contributed by atoms with van der Waals surface area (Å²) in [5.74, 6) is 0.823. The van der Waals surface area contributed by atoms with Crippen LogP contribution in [0.3, 0.4) is 0 Å². The first-order valence-electron chi connectivity index (χ1n) is 5.57. The normalized spacial score (nSPS) is 13.2. The van der Waals surface area contributed by atoms with Crippen LogP contribution in [0.2, 0.25) is 5.02 Å². The summed E-state index contributed by atoms with van der Waals surface area (Å²) in [6, 6.07) is 5.85. The van der Waals surface area contributed by atoms with Gasteiger partial charge in [0.05, 0.1) is 11.1 Å². The van der Waals surface area contributed by atoms with Crippen molar-refractivity contribution in [3.8, 4) is 0 Å². The van der Waals surface area contributed by atoms with E-state index < -0.39 is 0 Å². The van der Waals surface area contributed by atoms with Gasteiger partial charge in [0.15, 0.2) is 0 Å². The fraction of sp³-hybridized carbons (Fsp3) is 0.385. The Bertz CT molecular complexity index is 504. The van der Waals surface area contributed by atoms with Crippen molar-refractivity contribution in [1.29, 1.82) is 0 Å². The first-order chi connectivity index (χ1) is 7.61. The third-order valence-electron chi connectivity index (χ3n) is 2.72. The van der Waals surface area contributed by atoms with Crippen LogP contribution in [0.5, 0.6) is 0 Å². The molecule has 2 aromatic rings. The zero-order valence-electron chi connectivity index (χ0n) is 9.59. The molecule has 0 aliphatic carbocycles. The maximum atomic E-state index is 6.16. The Balaban J connectivity index is 2.47. The highest BCUT2D eigenvalue weighted by atomic mass is 35.5. The molecule has 0 saturated heterocycles. The molecule has 1 heterocycles. The number of furan rings is 1. The smallest absolute Gasteiger partial charge is 0.136 e. The largest absolute Gasteiger partial charge is 0.459 e. The molecule has 0 spiro atoms. The van der Waals surface area contributed by atoms with Crippen LogP contribution in [0.4, 0.5) is 0 Å². The van der Waals surface area contributed by atoms with E-state index >= 15 is 0 Å². The molecule has 0 unspecified atom stereocenters. The third-order valence-corrected chi connectivity index (χ3v) is 3.03. The number of hydrogen-bond donors (Lipinski definition) is 1. The zero-order chi connectivity index (χ0) is 11.7. The minimum absolute atomic E-state index is 0.0335. The average molecular weight is 238 g/mol. The first kappa shape index (κ1) is 11.5. The van der Waals surface area contributed by atoms with Gasteiger partial charge in [-0.3, -0.25) is 0 Å². The fourth-order valence-electron chi connectivity index (χ4n) is 1.88. The maximum absolute atomic E-state index is 6.16. The van der Waals surface area contributed by atoms with Crippen molar-refractivity contribution in [2.45, 2.75) is 32.7 Å². The first-order valence-corrected chi connectivity index (χ1v) is 5.94. The Morgan fingerprint density at radius 3 is 2.81 bits per heavy atom. The number of aryl methyl sites for hydroxylation is 1. The SMILES string of the molecule is CCC[C@@H](N)c1cc2c(Cl)cc(C)cc2o1. The van der Waals surface area contributed by atoms with Crippen LogP contribution in [0.25, 0.3) is 11.0 Å². The highest BCUT2D eigenvalue weighted by Gasteiger charge is 2.13. The molecule has 0 saturated carbocycles. The highest BCUT2D eigenvalue weighted by molar-refractivity contribution is 6.35. The minimum Gasteiger partial charge on any atom is -0.459 e. The van der Waals surface area contributed by atoms with Crippen molar-refractivity contribution >= 4 is 22.6 Å². The number of rotatable bonds is 3. The molecule has 0 fully saturated rings. The molecule has 0 aliphatic rings. The van der Waals surface area contributed by atoms with Crippen molar-refractivity contribution in [3.05, 3.63) is 34.5 Å². The van der Waals surface area contributed by atoms with Crippen molar-refractivity contribution in [1.82, 2.24) is 0 Å². The second kappa shape index (κ2) is 4.48. The van der Waals surface area contributed by atoms with Crippen molar-refractivity contribution in [2.75, 3.05) is 0 Å². The van der Waals surface area contributed by atoms with E-state index in [9.17, 15) is 0 Å². The number of halogens is 1. The maximum Gasteiger partial charge on any atom is 0.136 e. The van der Waals surface area contributed by atoms with Crippen LogP contribution in [0.1, 0.15) is 37.1 Å². The molecule has 3 heteroatoms. The molecule has 16 heavy (non-hydrogen) atoms. The molecule has 0 bridgehead atoms. The lowest BCUT2D eigenvalue weighted by molar-refractivity contribution is 0.475. The Kier molecular flexibility index (Phi) is 3.22. The molecule has 0 radical (unpaired) electrons. The Morgan fingerprint density at radius 2 is 2.12 bits per heavy atom. The van der Waals surface area contributed by atoms with Gasteiger partial charge in [0, 0.05) is 5.39 Å². The lowest BCUT2D eigenvalue weighted by Crippen LogP contribution is -2.08. The van der Waals surface area contributed by atoms with Crippen LogP contribution in [0, 0.1) is 6.92 Å². The summed E-state index contributed by atoms with van der Waals surface area (Å²) >= 11 is 6.16. The average Bonchev–Trinajstić information content (AvgIpc) is 2.62. The summed E-state index contributed by atoms with van der Waals surface area (Å²) in [7, 11) is 0. The molecule has 1 atom stereocenters. The van der Waals surface area contributed by atoms with E-state index in [1.165, 1.54) is 0 Å². The van der Waals surface area contributed by atoms with Crippen LogP contribution >= 0.6 is 11.6 Å². The predicted molar refractivity (Wildman–Crippen MR) is 67.8 cm³/mol. The molecule has 86 valence electrons. The molecule has 2 N–H and O–H groups in total. The van der Waals surface area contributed by atoms with E-state index in [1.807, 2.05) is 25.1 Å². The van der Waals surface area contributed by atoms with Gasteiger partial charge in [-0.2, -0.15) is 0 Å². The Morgan fingerprint density at radius 1 is 1.38 bits per heavy atom. The minimum atomic E-state index is -0.0335. The van der Waals surface area contributed by atoms with Gasteiger partial charge < -0.3 is 10.2 Å². The second-order valence-electron chi connectivity index (χ2n) is 4.20. The molecule has 2 rings (SSSR count). The topological polar surface area (TPSA) is 39.2 Å². The molecular formula is C13H16ClNO. The van der Waals surface area contributed by atoms with Crippen molar-refractivity contribution in [3.63, 3.8) is 0 Å².